The van der Waals surface area contributed by atoms with E-state index in [1.807, 2.05) is 6.07 Å². The lowest BCUT2D eigenvalue weighted by atomic mass is 9.99. The zero-order valence-corrected chi connectivity index (χ0v) is 12.1. The van der Waals surface area contributed by atoms with Crippen molar-refractivity contribution in [1.29, 1.82) is 0 Å². The summed E-state index contributed by atoms with van der Waals surface area (Å²) >= 11 is 0. The first kappa shape index (κ1) is 14.1. The van der Waals surface area contributed by atoms with Gasteiger partial charge in [-0.1, -0.05) is 0 Å². The Morgan fingerprint density at radius 2 is 1.95 bits per heavy atom. The van der Waals surface area contributed by atoms with Gasteiger partial charge in [-0.3, -0.25) is 9.36 Å². The molecule has 0 atom stereocenters. The minimum Gasteiger partial charge on any atom is -0.493 e. The van der Waals surface area contributed by atoms with Gasteiger partial charge in [0.05, 0.1) is 14.2 Å². The third-order valence-corrected chi connectivity index (χ3v) is 3.73. The molecule has 0 saturated carbocycles. The molecule has 2 heterocycles. The Morgan fingerprint density at radius 1 is 1.27 bits per heavy atom. The van der Waals surface area contributed by atoms with Crippen LogP contribution in [0.25, 0.3) is 11.4 Å². The van der Waals surface area contributed by atoms with Crippen molar-refractivity contribution in [3.8, 4) is 22.9 Å². The molecule has 0 saturated heterocycles. The average molecular weight is 302 g/mol. The molecular formula is C15H14N2O5. The molecule has 114 valence electrons. The number of carboxylic acid groups (broad SMARTS) is 1. The number of carbonyl (C=O) groups is 1. The molecule has 22 heavy (non-hydrogen) atoms. The number of rotatable bonds is 3. The molecule has 1 aliphatic heterocycles. The van der Waals surface area contributed by atoms with E-state index in [9.17, 15) is 9.59 Å². The van der Waals surface area contributed by atoms with Gasteiger partial charge in [0.1, 0.15) is 11.4 Å². The molecule has 0 fully saturated rings. The van der Waals surface area contributed by atoms with Gasteiger partial charge in [0, 0.05) is 18.3 Å². The van der Waals surface area contributed by atoms with Gasteiger partial charge < -0.3 is 14.6 Å². The van der Waals surface area contributed by atoms with E-state index in [0.29, 0.717) is 30.3 Å². The fourth-order valence-electron chi connectivity index (χ4n) is 2.63. The maximum atomic E-state index is 12.2. The summed E-state index contributed by atoms with van der Waals surface area (Å²) < 4.78 is 11.9. The van der Waals surface area contributed by atoms with Crippen molar-refractivity contribution in [2.24, 2.45) is 0 Å². The zero-order chi connectivity index (χ0) is 15.9. The number of fused-ring (bicyclic) bond motifs is 3. The molecule has 1 N–H and O–H groups in total. The van der Waals surface area contributed by atoms with Gasteiger partial charge in [-0.2, -0.15) is 0 Å². The minimum atomic E-state index is -1.27. The van der Waals surface area contributed by atoms with Crippen molar-refractivity contribution in [1.82, 2.24) is 9.55 Å². The Morgan fingerprint density at radius 3 is 2.59 bits per heavy atom. The molecule has 0 radical (unpaired) electrons. The first-order valence-electron chi connectivity index (χ1n) is 6.65. The van der Waals surface area contributed by atoms with E-state index in [2.05, 4.69) is 4.98 Å². The van der Waals surface area contributed by atoms with Crippen molar-refractivity contribution in [3.05, 3.63) is 39.8 Å². The minimum absolute atomic E-state index is 0.326. The largest absolute Gasteiger partial charge is 0.493 e. The molecular weight excluding hydrogens is 288 g/mol. The lowest BCUT2D eigenvalue weighted by Crippen LogP contribution is -2.31. The number of ether oxygens (including phenoxy) is 2. The first-order chi connectivity index (χ1) is 10.6. The van der Waals surface area contributed by atoms with Gasteiger partial charge in [-0.25, -0.2) is 9.78 Å². The Balaban J connectivity index is 2.24. The lowest BCUT2D eigenvalue weighted by Gasteiger charge is -2.22. The monoisotopic (exact) mass is 302 g/mol. The molecule has 1 aromatic heterocycles. The molecule has 1 aromatic carbocycles. The highest BCUT2D eigenvalue weighted by Crippen LogP contribution is 2.37. The van der Waals surface area contributed by atoms with Crippen LogP contribution in [-0.4, -0.2) is 34.8 Å². The third-order valence-electron chi connectivity index (χ3n) is 3.73. The van der Waals surface area contributed by atoms with E-state index in [1.54, 1.807) is 13.2 Å². The summed E-state index contributed by atoms with van der Waals surface area (Å²) in [7, 11) is 3.09. The third kappa shape index (κ3) is 2.02. The van der Waals surface area contributed by atoms with Crippen molar-refractivity contribution >= 4 is 5.97 Å². The highest BCUT2D eigenvalue weighted by molar-refractivity contribution is 5.87. The number of hydrogen-bond donors (Lipinski definition) is 1. The van der Waals surface area contributed by atoms with Crippen LogP contribution < -0.4 is 15.0 Å². The molecule has 0 amide bonds. The van der Waals surface area contributed by atoms with Crippen LogP contribution >= 0.6 is 0 Å². The average Bonchev–Trinajstić information content (AvgIpc) is 2.53. The highest BCUT2D eigenvalue weighted by Gasteiger charge is 2.23. The number of aromatic carboxylic acids is 1. The zero-order valence-electron chi connectivity index (χ0n) is 12.1. The predicted octanol–water partition coefficient (Wildman–Crippen LogP) is 1.18. The topological polar surface area (TPSA) is 90.7 Å². The molecule has 0 spiro atoms. The fourth-order valence-corrected chi connectivity index (χ4v) is 2.63. The molecule has 7 nitrogen and oxygen atoms in total. The summed E-state index contributed by atoms with van der Waals surface area (Å²) in [6, 6.07) is 3.61. The van der Waals surface area contributed by atoms with E-state index < -0.39 is 11.5 Å². The van der Waals surface area contributed by atoms with Gasteiger partial charge in [0.15, 0.2) is 11.5 Å². The van der Waals surface area contributed by atoms with E-state index >= 15 is 0 Å². The second-order valence-corrected chi connectivity index (χ2v) is 4.87. The lowest BCUT2D eigenvalue weighted by molar-refractivity contribution is 0.0693. The van der Waals surface area contributed by atoms with E-state index in [4.69, 9.17) is 14.6 Å². The number of carboxylic acids is 1. The molecule has 0 aliphatic carbocycles. The first-order valence-corrected chi connectivity index (χ1v) is 6.65. The van der Waals surface area contributed by atoms with Crippen LogP contribution in [0.5, 0.6) is 11.5 Å². The summed E-state index contributed by atoms with van der Waals surface area (Å²) in [6.07, 6.45) is 1.69. The van der Waals surface area contributed by atoms with Crippen LogP contribution in [0.2, 0.25) is 0 Å². The highest BCUT2D eigenvalue weighted by atomic mass is 16.5. The SMILES string of the molecule is COc1cc2c(cc1OC)-c1ncc(C(=O)O)c(=O)n1CC2. The summed E-state index contributed by atoms with van der Waals surface area (Å²) in [5.41, 5.74) is 0.858. The predicted molar refractivity (Wildman–Crippen MR) is 77.7 cm³/mol. The van der Waals surface area contributed by atoms with Crippen LogP contribution in [-0.2, 0) is 13.0 Å². The van der Waals surface area contributed by atoms with Crippen LogP contribution in [0.1, 0.15) is 15.9 Å². The number of benzene rings is 1. The summed E-state index contributed by atoms with van der Waals surface area (Å²) in [4.78, 5) is 27.4. The van der Waals surface area contributed by atoms with E-state index in [-0.39, 0.29) is 5.56 Å². The number of methoxy groups -OCH3 is 2. The Kier molecular flexibility index (Phi) is 3.32. The maximum Gasteiger partial charge on any atom is 0.342 e. The fraction of sp³-hybridized carbons (Fsp3) is 0.267. The Hall–Kier alpha value is -2.83. The quantitative estimate of drug-likeness (QED) is 0.915. The molecule has 0 bridgehead atoms. The van der Waals surface area contributed by atoms with Crippen LogP contribution in [0.15, 0.2) is 23.1 Å². The number of aromatic nitrogens is 2. The second-order valence-electron chi connectivity index (χ2n) is 4.87. The van der Waals surface area contributed by atoms with Crippen molar-refractivity contribution in [3.63, 3.8) is 0 Å². The number of aryl methyl sites for hydroxylation is 1. The van der Waals surface area contributed by atoms with E-state index in [0.717, 1.165) is 17.3 Å². The standard InChI is InChI=1S/C15H14N2O5/c1-21-11-5-8-3-4-17-13(9(8)6-12(11)22-2)16-7-10(14(17)18)15(19)20/h5-7H,3-4H2,1-2H3,(H,19,20). The molecule has 1 aliphatic rings. The summed E-state index contributed by atoms with van der Waals surface area (Å²) in [5, 5.41) is 9.02. The second kappa shape index (κ2) is 5.18. The molecule has 2 aromatic rings. The van der Waals surface area contributed by atoms with E-state index in [1.165, 1.54) is 11.7 Å². The van der Waals surface area contributed by atoms with Crippen molar-refractivity contribution in [2.75, 3.05) is 14.2 Å². The van der Waals surface area contributed by atoms with Gasteiger partial charge >= 0.3 is 5.97 Å². The van der Waals surface area contributed by atoms with Gasteiger partial charge in [0.2, 0.25) is 0 Å². The van der Waals surface area contributed by atoms with Crippen molar-refractivity contribution < 1.29 is 19.4 Å². The molecule has 7 heteroatoms. The van der Waals surface area contributed by atoms with Crippen LogP contribution in [0.3, 0.4) is 0 Å². The molecule has 3 rings (SSSR count). The van der Waals surface area contributed by atoms with Gasteiger partial charge in [-0.15, -0.1) is 0 Å². The van der Waals surface area contributed by atoms with Gasteiger partial charge in [-0.05, 0) is 24.1 Å². The summed E-state index contributed by atoms with van der Waals surface area (Å²) in [6.45, 7) is 0.380. The normalized spacial score (nSPS) is 12.3. The Labute approximate surface area is 125 Å². The van der Waals surface area contributed by atoms with Crippen molar-refractivity contribution in [2.45, 2.75) is 13.0 Å². The smallest absolute Gasteiger partial charge is 0.342 e. The van der Waals surface area contributed by atoms with Gasteiger partial charge in [0.25, 0.3) is 5.56 Å². The number of hydrogen-bond acceptors (Lipinski definition) is 5. The maximum absolute atomic E-state index is 12.2. The molecule has 0 unspecified atom stereocenters. The Bertz CT molecular complexity index is 825. The summed E-state index contributed by atoms with van der Waals surface area (Å²) in [5.74, 6) is 0.313. The van der Waals surface area contributed by atoms with Crippen LogP contribution in [0, 0.1) is 0 Å². The number of nitrogens with zero attached hydrogens (tertiary/aromatic N) is 2. The van der Waals surface area contributed by atoms with Crippen LogP contribution in [0.4, 0.5) is 0 Å².